The monoisotopic (exact) mass is 653 g/mol. The zero-order valence-electron chi connectivity index (χ0n) is 28.7. The second-order valence-corrected chi connectivity index (χ2v) is 13.9. The van der Waals surface area contributed by atoms with E-state index in [1.54, 1.807) is 0 Å². The van der Waals surface area contributed by atoms with Crippen LogP contribution in [0.4, 0.5) is 5.69 Å². The summed E-state index contributed by atoms with van der Waals surface area (Å²) < 4.78 is 0. The molecule has 1 N–H and O–H groups in total. The first kappa shape index (κ1) is 30.8. The molecule has 0 fully saturated rings. The van der Waals surface area contributed by atoms with E-state index in [2.05, 4.69) is 212 Å². The molecule has 1 nitrogen and oxygen atoms in total. The minimum atomic E-state index is -0.210. The Labute approximate surface area is 301 Å². The van der Waals surface area contributed by atoms with E-state index in [-0.39, 0.29) is 17.4 Å². The van der Waals surface area contributed by atoms with Crippen molar-refractivity contribution in [3.63, 3.8) is 0 Å². The van der Waals surface area contributed by atoms with Gasteiger partial charge in [-0.1, -0.05) is 182 Å². The lowest BCUT2D eigenvalue weighted by Crippen LogP contribution is -2.26. The molecular weight excluding hydrogens is 615 g/mol. The van der Waals surface area contributed by atoms with Crippen LogP contribution in [0.25, 0.3) is 39.0 Å². The highest BCUT2D eigenvalue weighted by molar-refractivity contribution is 5.84. The highest BCUT2D eigenvalue weighted by Gasteiger charge is 2.40. The Kier molecular flexibility index (Phi) is 7.82. The van der Waals surface area contributed by atoms with E-state index in [1.165, 1.54) is 66.8 Å². The van der Waals surface area contributed by atoms with Gasteiger partial charge in [0.25, 0.3) is 0 Å². The molecule has 0 saturated carbocycles. The lowest BCUT2D eigenvalue weighted by molar-refractivity contribution is 0.714. The van der Waals surface area contributed by atoms with Crippen LogP contribution >= 0.6 is 0 Å². The maximum absolute atomic E-state index is 3.88. The van der Waals surface area contributed by atoms with Gasteiger partial charge in [0.2, 0.25) is 0 Å². The third kappa shape index (κ3) is 5.62. The number of allylic oxidation sites excluding steroid dienone is 2. The van der Waals surface area contributed by atoms with Gasteiger partial charge in [0.1, 0.15) is 0 Å². The lowest BCUT2D eigenvalue weighted by Gasteiger charge is -2.29. The number of rotatable bonds is 7. The Morgan fingerprint density at radius 2 is 1.00 bits per heavy atom. The van der Waals surface area contributed by atoms with Crippen molar-refractivity contribution in [2.75, 3.05) is 5.32 Å². The first-order valence-electron chi connectivity index (χ1n) is 17.9. The van der Waals surface area contributed by atoms with E-state index in [1.807, 2.05) is 0 Å². The zero-order chi connectivity index (χ0) is 34.2. The van der Waals surface area contributed by atoms with Gasteiger partial charge in [-0.15, -0.1) is 0 Å². The number of hydrogen-bond acceptors (Lipinski definition) is 1. The molecule has 0 saturated heterocycles. The maximum atomic E-state index is 3.88. The van der Waals surface area contributed by atoms with Crippen LogP contribution in [0.2, 0.25) is 0 Å². The number of nitrogens with one attached hydrogen (secondary N) is 1. The molecule has 7 aromatic carbocycles. The molecule has 0 spiro atoms. The predicted molar refractivity (Wildman–Crippen MR) is 215 cm³/mol. The first-order chi connectivity index (χ1) is 25.1. The molecule has 0 aliphatic heterocycles. The number of anilines is 1. The van der Waals surface area contributed by atoms with Gasteiger partial charge in [-0.05, 0) is 91.9 Å². The van der Waals surface area contributed by atoms with Gasteiger partial charge >= 0.3 is 0 Å². The second-order valence-electron chi connectivity index (χ2n) is 13.9. The van der Waals surface area contributed by atoms with Crippen LogP contribution in [-0.4, -0.2) is 6.04 Å². The molecule has 0 radical (unpaired) electrons. The molecule has 0 amide bonds. The van der Waals surface area contributed by atoms with Crippen LogP contribution in [0.1, 0.15) is 40.7 Å². The fourth-order valence-electron chi connectivity index (χ4n) is 8.20. The fraction of sp³-hybridized carbons (Fsp3) is 0.0800. The summed E-state index contributed by atoms with van der Waals surface area (Å²) in [5.74, 6) is 0.171. The van der Waals surface area contributed by atoms with Gasteiger partial charge in [0, 0.05) is 17.0 Å². The first-order valence-corrected chi connectivity index (χ1v) is 17.9. The van der Waals surface area contributed by atoms with Crippen LogP contribution in [0.15, 0.2) is 200 Å². The van der Waals surface area contributed by atoms with Gasteiger partial charge < -0.3 is 5.32 Å². The minimum Gasteiger partial charge on any atom is -0.378 e. The normalized spacial score (nSPS) is 16.9. The molecule has 244 valence electrons. The van der Waals surface area contributed by atoms with Crippen LogP contribution < -0.4 is 5.32 Å². The summed E-state index contributed by atoms with van der Waals surface area (Å²) in [4.78, 5) is 0. The number of fused-ring (bicyclic) bond motifs is 3. The number of benzene rings is 7. The van der Waals surface area contributed by atoms with Gasteiger partial charge in [0.05, 0.1) is 6.04 Å². The Morgan fingerprint density at radius 3 is 1.67 bits per heavy atom. The molecule has 0 bridgehead atoms. The Balaban J connectivity index is 1.00. The fourth-order valence-corrected chi connectivity index (χ4v) is 8.20. The summed E-state index contributed by atoms with van der Waals surface area (Å²) in [6.07, 6.45) is 7.01. The lowest BCUT2D eigenvalue weighted by atomic mass is 9.74. The van der Waals surface area contributed by atoms with E-state index in [0.717, 1.165) is 5.69 Å². The average Bonchev–Trinajstić information content (AvgIpc) is 3.48. The molecule has 51 heavy (non-hydrogen) atoms. The highest BCUT2D eigenvalue weighted by Crippen LogP contribution is 2.52. The van der Waals surface area contributed by atoms with Crippen molar-refractivity contribution >= 4 is 11.3 Å². The second kappa shape index (κ2) is 12.9. The molecule has 9 rings (SSSR count). The SMILES string of the molecule is CC1(c2cccc(-c3ccc(NC4C=CC(c5ccccc5)=CC4c4ccc(-c5ccccc5)cc4)cc3)c2)c2ccccc2-c2ccccc21. The summed E-state index contributed by atoms with van der Waals surface area (Å²) >= 11 is 0. The summed E-state index contributed by atoms with van der Waals surface area (Å²) in [6.45, 7) is 2.38. The van der Waals surface area contributed by atoms with Gasteiger partial charge in [-0.25, -0.2) is 0 Å². The molecule has 0 heterocycles. The molecule has 2 unspecified atom stereocenters. The minimum absolute atomic E-state index is 0.108. The van der Waals surface area contributed by atoms with Crippen molar-refractivity contribution in [2.45, 2.75) is 24.3 Å². The van der Waals surface area contributed by atoms with Gasteiger partial charge in [0.15, 0.2) is 0 Å². The van der Waals surface area contributed by atoms with Crippen LogP contribution in [0.3, 0.4) is 0 Å². The van der Waals surface area contributed by atoms with Crippen molar-refractivity contribution in [1.82, 2.24) is 0 Å². The largest absolute Gasteiger partial charge is 0.378 e. The molecule has 2 aliphatic carbocycles. The molecule has 0 aromatic heterocycles. The Hall–Kier alpha value is -6.18. The molecule has 1 heteroatoms. The van der Waals surface area contributed by atoms with Crippen LogP contribution in [0, 0.1) is 0 Å². The third-order valence-corrected chi connectivity index (χ3v) is 11.0. The van der Waals surface area contributed by atoms with Crippen LogP contribution in [-0.2, 0) is 5.41 Å². The molecule has 2 atom stereocenters. The summed E-state index contributed by atoms with van der Waals surface area (Å²) in [7, 11) is 0. The number of hydrogen-bond donors (Lipinski definition) is 1. The van der Waals surface area contributed by atoms with E-state index >= 15 is 0 Å². The standard InChI is InChI=1S/C50H39N/c1-50(47-21-10-8-19-44(47)45-20-9-11-22-48(45)50)42-18-12-17-40(33-42)38-27-30-43(31-28-38)51-49-32-29-41(36-15-6-3-7-16-36)34-46(49)39-25-23-37(24-26-39)35-13-4-2-5-14-35/h2-34,46,49,51H,1H3. The summed E-state index contributed by atoms with van der Waals surface area (Å²) in [5, 5.41) is 3.88. The van der Waals surface area contributed by atoms with Crippen LogP contribution in [0.5, 0.6) is 0 Å². The van der Waals surface area contributed by atoms with Gasteiger partial charge in [-0.2, -0.15) is 0 Å². The molecular formula is C50H39N. The molecule has 7 aromatic rings. The van der Waals surface area contributed by atoms with E-state index in [9.17, 15) is 0 Å². The van der Waals surface area contributed by atoms with Crippen molar-refractivity contribution in [3.8, 4) is 33.4 Å². The highest BCUT2D eigenvalue weighted by atomic mass is 14.9. The molecule has 2 aliphatic rings. The van der Waals surface area contributed by atoms with E-state index in [0.29, 0.717) is 0 Å². The predicted octanol–water partition coefficient (Wildman–Crippen LogP) is 12.6. The topological polar surface area (TPSA) is 12.0 Å². The van der Waals surface area contributed by atoms with Crippen molar-refractivity contribution < 1.29 is 0 Å². The average molecular weight is 654 g/mol. The Bertz CT molecular complexity index is 2340. The third-order valence-electron chi connectivity index (χ3n) is 11.0. The Morgan fingerprint density at radius 1 is 0.471 bits per heavy atom. The van der Waals surface area contributed by atoms with Gasteiger partial charge in [-0.3, -0.25) is 0 Å². The quantitative estimate of drug-likeness (QED) is 0.180. The van der Waals surface area contributed by atoms with Crippen molar-refractivity contribution in [1.29, 1.82) is 0 Å². The summed E-state index contributed by atoms with van der Waals surface area (Å²) in [5.41, 5.74) is 16.3. The maximum Gasteiger partial charge on any atom is 0.0551 e. The zero-order valence-corrected chi connectivity index (χ0v) is 28.7. The van der Waals surface area contributed by atoms with Crippen molar-refractivity contribution in [3.05, 3.63) is 228 Å². The van der Waals surface area contributed by atoms with E-state index < -0.39 is 0 Å². The van der Waals surface area contributed by atoms with Crippen molar-refractivity contribution in [2.24, 2.45) is 0 Å². The van der Waals surface area contributed by atoms with E-state index in [4.69, 9.17) is 0 Å². The summed E-state index contributed by atoms with van der Waals surface area (Å²) in [6, 6.07) is 66.3. The smallest absolute Gasteiger partial charge is 0.0551 e.